The lowest BCUT2D eigenvalue weighted by Gasteiger charge is -2.32. The highest BCUT2D eigenvalue weighted by Crippen LogP contribution is 2.26. The predicted molar refractivity (Wildman–Crippen MR) is 73.5 cm³/mol. The number of nitrogens with one attached hydrogen (secondary N) is 2. The molecule has 0 unspecified atom stereocenters. The van der Waals surface area contributed by atoms with E-state index in [4.69, 9.17) is 11.6 Å². The SMILES string of the molecule is CCNC(=O)C1CCN(c2cn[nH]c(=O)c2Cl)CC1. The number of aromatic amines is 1. The summed E-state index contributed by atoms with van der Waals surface area (Å²) in [6.07, 6.45) is 3.07. The van der Waals surface area contributed by atoms with Crippen molar-refractivity contribution in [2.75, 3.05) is 24.5 Å². The Balaban J connectivity index is 2.02. The average Bonchev–Trinajstić information content (AvgIpc) is 2.42. The first-order valence-corrected chi connectivity index (χ1v) is 6.77. The Hall–Kier alpha value is -1.56. The molecule has 0 saturated carbocycles. The first kappa shape index (κ1) is 13.9. The predicted octanol–water partition coefficient (Wildman–Crippen LogP) is 0.776. The van der Waals surface area contributed by atoms with Crippen LogP contribution in [0.25, 0.3) is 0 Å². The summed E-state index contributed by atoms with van der Waals surface area (Å²) in [6, 6.07) is 0. The molecule has 1 saturated heterocycles. The largest absolute Gasteiger partial charge is 0.369 e. The minimum Gasteiger partial charge on any atom is -0.369 e. The molecule has 2 rings (SSSR count). The van der Waals surface area contributed by atoms with E-state index in [2.05, 4.69) is 15.5 Å². The molecule has 6 nitrogen and oxygen atoms in total. The standard InChI is InChI=1S/C12H17ClN4O2/c1-2-14-11(18)8-3-5-17(6-4-8)9-7-15-16-12(19)10(9)13/h7-8H,2-6H2,1H3,(H,14,18)(H,16,19). The normalized spacial score (nSPS) is 16.4. The topological polar surface area (TPSA) is 78.1 Å². The van der Waals surface area contributed by atoms with E-state index in [-0.39, 0.29) is 22.4 Å². The number of hydrogen-bond donors (Lipinski definition) is 2. The maximum Gasteiger partial charge on any atom is 0.285 e. The second kappa shape index (κ2) is 6.06. The van der Waals surface area contributed by atoms with Crippen molar-refractivity contribution in [3.8, 4) is 0 Å². The summed E-state index contributed by atoms with van der Waals surface area (Å²) in [5.74, 6) is 0.155. The molecule has 0 spiro atoms. The summed E-state index contributed by atoms with van der Waals surface area (Å²) in [5.41, 5.74) is 0.254. The van der Waals surface area contributed by atoms with Crippen LogP contribution in [0.1, 0.15) is 19.8 Å². The molecule has 0 atom stereocenters. The van der Waals surface area contributed by atoms with Crippen molar-refractivity contribution >= 4 is 23.2 Å². The van der Waals surface area contributed by atoms with Crippen molar-refractivity contribution in [3.63, 3.8) is 0 Å². The fourth-order valence-electron chi connectivity index (χ4n) is 2.30. The highest BCUT2D eigenvalue weighted by atomic mass is 35.5. The van der Waals surface area contributed by atoms with Gasteiger partial charge in [0, 0.05) is 25.6 Å². The molecule has 1 aromatic heterocycles. The minimum absolute atomic E-state index is 0.0462. The lowest BCUT2D eigenvalue weighted by atomic mass is 9.95. The van der Waals surface area contributed by atoms with Crippen molar-refractivity contribution in [2.45, 2.75) is 19.8 Å². The van der Waals surface area contributed by atoms with Crippen LogP contribution in [-0.2, 0) is 4.79 Å². The molecule has 1 aromatic rings. The fourth-order valence-corrected chi connectivity index (χ4v) is 2.51. The zero-order chi connectivity index (χ0) is 13.8. The molecule has 0 aromatic carbocycles. The van der Waals surface area contributed by atoms with Gasteiger partial charge in [-0.1, -0.05) is 11.6 Å². The molecular weight excluding hydrogens is 268 g/mol. The summed E-state index contributed by atoms with van der Waals surface area (Å²) in [4.78, 5) is 25.1. The molecule has 2 N–H and O–H groups in total. The van der Waals surface area contributed by atoms with Crippen LogP contribution in [0.2, 0.25) is 5.02 Å². The highest BCUT2D eigenvalue weighted by molar-refractivity contribution is 6.33. The summed E-state index contributed by atoms with van der Waals surface area (Å²) >= 11 is 5.97. The molecule has 104 valence electrons. The van der Waals surface area contributed by atoms with Crippen LogP contribution in [0.15, 0.2) is 11.0 Å². The number of carbonyl (C=O) groups excluding carboxylic acids is 1. The number of halogens is 1. The van der Waals surface area contributed by atoms with Gasteiger partial charge in [-0.05, 0) is 19.8 Å². The minimum atomic E-state index is -0.384. The molecule has 1 amide bonds. The summed E-state index contributed by atoms with van der Waals surface area (Å²) in [6.45, 7) is 3.97. The first-order chi connectivity index (χ1) is 9.13. The van der Waals surface area contributed by atoms with E-state index >= 15 is 0 Å². The lowest BCUT2D eigenvalue weighted by Crippen LogP contribution is -2.41. The molecule has 19 heavy (non-hydrogen) atoms. The Morgan fingerprint density at radius 3 is 2.89 bits per heavy atom. The third kappa shape index (κ3) is 3.07. The monoisotopic (exact) mass is 284 g/mol. The van der Waals surface area contributed by atoms with Crippen LogP contribution in [0.3, 0.4) is 0 Å². The third-order valence-corrected chi connectivity index (χ3v) is 3.70. The van der Waals surface area contributed by atoms with Gasteiger partial charge in [-0.3, -0.25) is 9.59 Å². The molecule has 0 aliphatic carbocycles. The Bertz CT molecular complexity index is 509. The number of anilines is 1. The molecule has 1 fully saturated rings. The number of carbonyl (C=O) groups is 1. The van der Waals surface area contributed by atoms with Gasteiger partial charge in [0.05, 0.1) is 11.9 Å². The van der Waals surface area contributed by atoms with Crippen molar-refractivity contribution in [1.82, 2.24) is 15.5 Å². The van der Waals surface area contributed by atoms with Gasteiger partial charge in [0.1, 0.15) is 5.02 Å². The summed E-state index contributed by atoms with van der Waals surface area (Å²) in [7, 11) is 0. The van der Waals surface area contributed by atoms with Gasteiger partial charge < -0.3 is 10.2 Å². The van der Waals surface area contributed by atoms with E-state index in [9.17, 15) is 9.59 Å². The van der Waals surface area contributed by atoms with E-state index in [1.165, 1.54) is 0 Å². The van der Waals surface area contributed by atoms with Gasteiger partial charge in [0.25, 0.3) is 5.56 Å². The van der Waals surface area contributed by atoms with E-state index < -0.39 is 0 Å². The van der Waals surface area contributed by atoms with E-state index in [0.717, 1.165) is 12.8 Å². The van der Waals surface area contributed by atoms with Gasteiger partial charge in [0.2, 0.25) is 5.91 Å². The number of aromatic nitrogens is 2. The lowest BCUT2D eigenvalue weighted by molar-refractivity contribution is -0.125. The maximum absolute atomic E-state index is 11.7. The van der Waals surface area contributed by atoms with Crippen molar-refractivity contribution < 1.29 is 4.79 Å². The average molecular weight is 285 g/mol. The number of rotatable bonds is 3. The van der Waals surface area contributed by atoms with Crippen LogP contribution in [-0.4, -0.2) is 35.7 Å². The van der Waals surface area contributed by atoms with Crippen LogP contribution in [0.4, 0.5) is 5.69 Å². The highest BCUT2D eigenvalue weighted by Gasteiger charge is 2.26. The van der Waals surface area contributed by atoms with Crippen molar-refractivity contribution in [2.24, 2.45) is 5.92 Å². The maximum atomic E-state index is 11.7. The second-order valence-electron chi connectivity index (χ2n) is 4.55. The van der Waals surface area contributed by atoms with Gasteiger partial charge in [0.15, 0.2) is 0 Å². The van der Waals surface area contributed by atoms with E-state index in [1.807, 2.05) is 11.8 Å². The number of hydrogen-bond acceptors (Lipinski definition) is 4. The van der Waals surface area contributed by atoms with Crippen molar-refractivity contribution in [1.29, 1.82) is 0 Å². The molecule has 1 aliphatic heterocycles. The molecule has 2 heterocycles. The fraction of sp³-hybridized carbons (Fsp3) is 0.583. The smallest absolute Gasteiger partial charge is 0.285 e. The zero-order valence-corrected chi connectivity index (χ0v) is 11.5. The number of nitrogens with zero attached hydrogens (tertiary/aromatic N) is 2. The van der Waals surface area contributed by atoms with Gasteiger partial charge in [-0.2, -0.15) is 5.10 Å². The Kier molecular flexibility index (Phi) is 4.42. The third-order valence-electron chi connectivity index (χ3n) is 3.33. The summed E-state index contributed by atoms with van der Waals surface area (Å²) in [5, 5.41) is 9.05. The van der Waals surface area contributed by atoms with Gasteiger partial charge >= 0.3 is 0 Å². The number of amides is 1. The molecule has 0 bridgehead atoms. The molecule has 7 heteroatoms. The van der Waals surface area contributed by atoms with E-state index in [1.54, 1.807) is 6.20 Å². The quantitative estimate of drug-likeness (QED) is 0.860. The zero-order valence-electron chi connectivity index (χ0n) is 10.8. The Labute approximate surface area is 116 Å². The number of piperidine rings is 1. The second-order valence-corrected chi connectivity index (χ2v) is 4.93. The van der Waals surface area contributed by atoms with Gasteiger partial charge in [-0.25, -0.2) is 5.10 Å². The van der Waals surface area contributed by atoms with Crippen LogP contribution >= 0.6 is 11.6 Å². The van der Waals surface area contributed by atoms with Gasteiger partial charge in [-0.15, -0.1) is 0 Å². The number of H-pyrrole nitrogens is 1. The van der Waals surface area contributed by atoms with Crippen LogP contribution in [0.5, 0.6) is 0 Å². The van der Waals surface area contributed by atoms with Crippen LogP contribution in [0, 0.1) is 5.92 Å². The Morgan fingerprint density at radius 1 is 1.58 bits per heavy atom. The molecule has 1 aliphatic rings. The molecular formula is C12H17ClN4O2. The summed E-state index contributed by atoms with van der Waals surface area (Å²) < 4.78 is 0. The van der Waals surface area contributed by atoms with Crippen LogP contribution < -0.4 is 15.8 Å². The Morgan fingerprint density at radius 2 is 2.26 bits per heavy atom. The molecule has 0 radical (unpaired) electrons. The first-order valence-electron chi connectivity index (χ1n) is 6.39. The van der Waals surface area contributed by atoms with E-state index in [0.29, 0.717) is 25.3 Å². The van der Waals surface area contributed by atoms with Crippen molar-refractivity contribution in [3.05, 3.63) is 21.6 Å².